The first kappa shape index (κ1) is 21.8. The molecular weight excluding hydrogens is 406 g/mol. The predicted octanol–water partition coefficient (Wildman–Crippen LogP) is 1.23. The molecule has 0 saturated carbocycles. The molecule has 3 aliphatic heterocycles. The smallest absolute Gasteiger partial charge is 0.206 e. The van der Waals surface area contributed by atoms with Gasteiger partial charge in [0.1, 0.15) is 5.82 Å². The molecule has 1 aromatic rings. The summed E-state index contributed by atoms with van der Waals surface area (Å²) in [5.41, 5.74) is 4.23. The number of hydrogen-bond acceptors (Lipinski definition) is 7. The van der Waals surface area contributed by atoms with E-state index >= 15 is 4.39 Å². The normalized spacial score (nSPS) is 21.7. The van der Waals surface area contributed by atoms with E-state index in [-0.39, 0.29) is 11.7 Å². The summed E-state index contributed by atoms with van der Waals surface area (Å²) in [5.74, 6) is -0.579. The number of rotatable bonds is 5. The van der Waals surface area contributed by atoms with Gasteiger partial charge in [0.15, 0.2) is 11.7 Å². The van der Waals surface area contributed by atoms with Crippen LogP contribution in [0.4, 0.5) is 14.5 Å². The van der Waals surface area contributed by atoms with Gasteiger partial charge in [0.2, 0.25) is 5.83 Å². The van der Waals surface area contributed by atoms with Crippen LogP contribution in [0.2, 0.25) is 0 Å². The van der Waals surface area contributed by atoms with E-state index in [0.717, 1.165) is 18.8 Å². The number of morpholine rings is 2. The van der Waals surface area contributed by atoms with E-state index in [1.807, 2.05) is 9.91 Å². The highest BCUT2D eigenvalue weighted by molar-refractivity contribution is 5.94. The van der Waals surface area contributed by atoms with Gasteiger partial charge in [-0.15, -0.1) is 0 Å². The van der Waals surface area contributed by atoms with Crippen molar-refractivity contribution in [3.63, 3.8) is 0 Å². The van der Waals surface area contributed by atoms with Crippen LogP contribution in [0.3, 0.4) is 0 Å². The van der Waals surface area contributed by atoms with E-state index in [2.05, 4.69) is 10.3 Å². The molecule has 31 heavy (non-hydrogen) atoms. The summed E-state index contributed by atoms with van der Waals surface area (Å²) in [5, 5.41) is 10.4. The summed E-state index contributed by atoms with van der Waals surface area (Å²) >= 11 is 0. The molecule has 3 saturated heterocycles. The molecule has 0 aliphatic carbocycles. The largest absolute Gasteiger partial charge is 0.378 e. The Morgan fingerprint density at radius 2 is 1.35 bits per heavy atom. The molecule has 8 nitrogen and oxygen atoms in total. The number of nitrogens with one attached hydrogen (secondary N) is 2. The quantitative estimate of drug-likeness (QED) is 0.532. The van der Waals surface area contributed by atoms with Gasteiger partial charge in [-0.1, -0.05) is 0 Å². The molecule has 0 bridgehead atoms. The number of piperazine rings is 1. The lowest BCUT2D eigenvalue weighted by Gasteiger charge is -2.40. The van der Waals surface area contributed by atoms with Gasteiger partial charge in [0.25, 0.3) is 0 Å². The van der Waals surface area contributed by atoms with Crippen LogP contribution in [0.15, 0.2) is 35.9 Å². The SMILES string of the molecule is N=C(/C(F)=C(\NN1CCN(c2ccc(F)cc2)CC1)N1CCOCC1)N1CCOCC1. The van der Waals surface area contributed by atoms with Crippen molar-refractivity contribution in [3.8, 4) is 0 Å². The van der Waals surface area contributed by atoms with Crippen molar-refractivity contribution in [2.75, 3.05) is 83.7 Å². The van der Waals surface area contributed by atoms with E-state index in [1.165, 1.54) is 12.1 Å². The highest BCUT2D eigenvalue weighted by atomic mass is 19.1. The first-order valence-corrected chi connectivity index (χ1v) is 10.8. The second-order valence-corrected chi connectivity index (χ2v) is 7.77. The predicted molar refractivity (Wildman–Crippen MR) is 114 cm³/mol. The average molecular weight is 437 g/mol. The topological polar surface area (TPSA) is 67.3 Å². The molecule has 0 unspecified atom stereocenters. The third-order valence-corrected chi connectivity index (χ3v) is 5.81. The molecule has 0 aromatic heterocycles. The first-order valence-electron chi connectivity index (χ1n) is 10.8. The minimum atomic E-state index is -0.551. The molecular formula is C21H30F2N6O2. The molecule has 0 spiro atoms. The minimum absolute atomic E-state index is 0.109. The lowest BCUT2D eigenvalue weighted by Crippen LogP contribution is -2.55. The summed E-state index contributed by atoms with van der Waals surface area (Å²) in [6.45, 7) is 7.04. The maximum absolute atomic E-state index is 15.5. The van der Waals surface area contributed by atoms with Crippen LogP contribution >= 0.6 is 0 Å². The lowest BCUT2D eigenvalue weighted by molar-refractivity contribution is 0.0387. The second kappa shape index (κ2) is 10.3. The lowest BCUT2D eigenvalue weighted by atomic mass is 10.2. The number of hydrazine groups is 1. The van der Waals surface area contributed by atoms with Crippen LogP contribution in [0, 0.1) is 11.2 Å². The number of benzene rings is 1. The summed E-state index contributed by atoms with van der Waals surface area (Å²) < 4.78 is 39.5. The molecule has 2 N–H and O–H groups in total. The summed E-state index contributed by atoms with van der Waals surface area (Å²) in [6.07, 6.45) is 0. The monoisotopic (exact) mass is 436 g/mol. The fraction of sp³-hybridized carbons (Fsp3) is 0.571. The fourth-order valence-corrected chi connectivity index (χ4v) is 3.96. The zero-order valence-corrected chi connectivity index (χ0v) is 17.7. The molecule has 0 atom stereocenters. The maximum atomic E-state index is 15.5. The van der Waals surface area contributed by atoms with Crippen LogP contribution < -0.4 is 10.3 Å². The standard InChI is InChI=1S/C21H30F2N6O2/c22-17-1-3-18(4-2-17)26-5-7-29(8-6-26)25-21(28-11-15-31-16-12-28)19(23)20(24)27-9-13-30-14-10-27/h1-4,24-25H,5-16H2/b21-19-,24-20?. The number of halogens is 2. The Balaban J connectivity index is 1.43. The molecule has 0 radical (unpaired) electrons. The Bertz CT molecular complexity index is 771. The van der Waals surface area contributed by atoms with Crippen molar-refractivity contribution in [2.24, 2.45) is 0 Å². The summed E-state index contributed by atoms with van der Waals surface area (Å²) in [4.78, 5) is 5.81. The molecule has 170 valence electrons. The van der Waals surface area contributed by atoms with E-state index in [0.29, 0.717) is 71.5 Å². The van der Waals surface area contributed by atoms with Crippen LogP contribution in [0.25, 0.3) is 0 Å². The third kappa shape index (κ3) is 5.44. The Hall–Kier alpha value is -2.43. The molecule has 4 rings (SSSR count). The number of nitrogens with zero attached hydrogens (tertiary/aromatic N) is 4. The van der Waals surface area contributed by atoms with Gasteiger partial charge >= 0.3 is 0 Å². The van der Waals surface area contributed by atoms with Crippen molar-refractivity contribution in [1.29, 1.82) is 5.41 Å². The van der Waals surface area contributed by atoms with Gasteiger partial charge in [-0.05, 0) is 24.3 Å². The van der Waals surface area contributed by atoms with Crippen LogP contribution in [-0.4, -0.2) is 99.4 Å². The number of hydrogen-bond donors (Lipinski definition) is 2. The Labute approximate surface area is 181 Å². The molecule has 3 aliphatic rings. The van der Waals surface area contributed by atoms with E-state index in [1.54, 1.807) is 17.0 Å². The van der Waals surface area contributed by atoms with Crippen molar-refractivity contribution < 1.29 is 18.3 Å². The Kier molecular flexibility index (Phi) is 7.21. The van der Waals surface area contributed by atoms with Gasteiger partial charge < -0.3 is 29.6 Å². The highest BCUT2D eigenvalue weighted by Gasteiger charge is 2.27. The first-order chi connectivity index (χ1) is 15.1. The molecule has 1 aromatic carbocycles. The van der Waals surface area contributed by atoms with E-state index in [9.17, 15) is 4.39 Å². The summed E-state index contributed by atoms with van der Waals surface area (Å²) in [7, 11) is 0. The number of anilines is 1. The minimum Gasteiger partial charge on any atom is -0.378 e. The Morgan fingerprint density at radius 3 is 1.94 bits per heavy atom. The molecule has 10 heteroatoms. The van der Waals surface area contributed by atoms with E-state index in [4.69, 9.17) is 14.9 Å². The van der Waals surface area contributed by atoms with Gasteiger partial charge in [0, 0.05) is 58.0 Å². The number of amidine groups is 1. The molecule has 3 fully saturated rings. The van der Waals surface area contributed by atoms with Gasteiger partial charge in [0.05, 0.1) is 26.4 Å². The van der Waals surface area contributed by atoms with Crippen molar-refractivity contribution in [2.45, 2.75) is 0 Å². The van der Waals surface area contributed by atoms with Crippen molar-refractivity contribution in [1.82, 2.24) is 20.2 Å². The zero-order chi connectivity index (χ0) is 21.6. The van der Waals surface area contributed by atoms with E-state index < -0.39 is 5.83 Å². The second-order valence-electron chi connectivity index (χ2n) is 7.77. The third-order valence-electron chi connectivity index (χ3n) is 5.81. The Morgan fingerprint density at radius 1 is 0.806 bits per heavy atom. The van der Waals surface area contributed by atoms with Crippen LogP contribution in [-0.2, 0) is 9.47 Å². The van der Waals surface area contributed by atoms with Crippen LogP contribution in [0.1, 0.15) is 0 Å². The van der Waals surface area contributed by atoms with Crippen molar-refractivity contribution in [3.05, 3.63) is 41.7 Å². The molecule has 0 amide bonds. The number of ether oxygens (including phenoxy) is 2. The van der Waals surface area contributed by atoms with Gasteiger partial charge in [-0.2, -0.15) is 4.39 Å². The average Bonchev–Trinajstić information content (AvgIpc) is 2.84. The highest BCUT2D eigenvalue weighted by Crippen LogP contribution is 2.19. The van der Waals surface area contributed by atoms with Crippen LogP contribution in [0.5, 0.6) is 0 Å². The molecule has 3 heterocycles. The maximum Gasteiger partial charge on any atom is 0.206 e. The summed E-state index contributed by atoms with van der Waals surface area (Å²) in [6, 6.07) is 6.49. The fourth-order valence-electron chi connectivity index (χ4n) is 3.96. The van der Waals surface area contributed by atoms with Gasteiger partial charge in [-0.25, -0.2) is 9.40 Å². The van der Waals surface area contributed by atoms with Gasteiger partial charge in [-0.3, -0.25) is 5.41 Å². The van der Waals surface area contributed by atoms with Crippen molar-refractivity contribution >= 4 is 11.5 Å². The zero-order valence-electron chi connectivity index (χ0n) is 17.7.